The standard InChI is InChI=1S/C17H26BrClN2O2/c1-11(2)15(21-16(22)23-17(3,4)5)10-20-9-12-6-7-13(18)14(19)8-12/h6-8,11,15,20H,9-10H2,1-5H3,(H,21,22). The third kappa shape index (κ3) is 8.04. The van der Waals surface area contributed by atoms with Crippen molar-refractivity contribution in [1.82, 2.24) is 10.6 Å². The van der Waals surface area contributed by atoms with Gasteiger partial charge in [-0.1, -0.05) is 31.5 Å². The lowest BCUT2D eigenvalue weighted by Gasteiger charge is -2.26. The third-order valence-electron chi connectivity index (χ3n) is 3.18. The highest BCUT2D eigenvalue weighted by Crippen LogP contribution is 2.23. The molecule has 4 nitrogen and oxygen atoms in total. The van der Waals surface area contributed by atoms with Crippen molar-refractivity contribution in [3.63, 3.8) is 0 Å². The molecule has 0 fully saturated rings. The van der Waals surface area contributed by atoms with Crippen LogP contribution in [0.3, 0.4) is 0 Å². The summed E-state index contributed by atoms with van der Waals surface area (Å²) in [5.41, 5.74) is 0.603. The second kappa shape index (κ2) is 8.90. The van der Waals surface area contributed by atoms with Gasteiger partial charge in [-0.2, -0.15) is 0 Å². The van der Waals surface area contributed by atoms with Crippen LogP contribution < -0.4 is 10.6 Å². The first kappa shape index (κ1) is 20.3. The minimum absolute atomic E-state index is 0.00392. The lowest BCUT2D eigenvalue weighted by molar-refractivity contribution is 0.0490. The number of alkyl carbamates (subject to hydrolysis) is 1. The second-order valence-electron chi connectivity index (χ2n) is 6.88. The van der Waals surface area contributed by atoms with Crippen molar-refractivity contribution in [3.05, 3.63) is 33.3 Å². The van der Waals surface area contributed by atoms with Gasteiger partial charge in [-0.15, -0.1) is 0 Å². The van der Waals surface area contributed by atoms with E-state index < -0.39 is 5.60 Å². The second-order valence-corrected chi connectivity index (χ2v) is 8.14. The van der Waals surface area contributed by atoms with Gasteiger partial charge in [-0.25, -0.2) is 4.79 Å². The molecule has 1 atom stereocenters. The number of hydrogen-bond acceptors (Lipinski definition) is 3. The van der Waals surface area contributed by atoms with Gasteiger partial charge in [0.25, 0.3) is 0 Å². The van der Waals surface area contributed by atoms with Crippen molar-refractivity contribution in [2.24, 2.45) is 5.92 Å². The Kier molecular flexibility index (Phi) is 7.84. The van der Waals surface area contributed by atoms with E-state index in [1.807, 2.05) is 39.0 Å². The number of rotatable bonds is 6. The maximum atomic E-state index is 11.9. The summed E-state index contributed by atoms with van der Waals surface area (Å²) in [6.07, 6.45) is -0.385. The summed E-state index contributed by atoms with van der Waals surface area (Å²) in [4.78, 5) is 11.9. The first-order valence-electron chi connectivity index (χ1n) is 7.72. The molecule has 0 aliphatic heterocycles. The number of hydrogen-bond donors (Lipinski definition) is 2. The van der Waals surface area contributed by atoms with Crippen LogP contribution in [0.2, 0.25) is 5.02 Å². The van der Waals surface area contributed by atoms with Gasteiger partial charge < -0.3 is 15.4 Å². The van der Waals surface area contributed by atoms with Gasteiger partial charge in [0, 0.05) is 23.6 Å². The molecule has 0 aliphatic rings. The van der Waals surface area contributed by atoms with Gasteiger partial charge >= 0.3 is 6.09 Å². The highest BCUT2D eigenvalue weighted by Gasteiger charge is 2.21. The third-order valence-corrected chi connectivity index (χ3v) is 4.42. The van der Waals surface area contributed by atoms with E-state index in [9.17, 15) is 4.79 Å². The average molecular weight is 406 g/mol. The minimum atomic E-state index is -0.493. The highest BCUT2D eigenvalue weighted by atomic mass is 79.9. The van der Waals surface area contributed by atoms with Crippen molar-refractivity contribution < 1.29 is 9.53 Å². The van der Waals surface area contributed by atoms with Crippen molar-refractivity contribution in [2.75, 3.05) is 6.54 Å². The zero-order valence-corrected chi connectivity index (χ0v) is 16.7. The Hall–Kier alpha value is -0.780. The van der Waals surface area contributed by atoms with E-state index >= 15 is 0 Å². The number of halogens is 2. The summed E-state index contributed by atoms with van der Waals surface area (Å²) in [5.74, 6) is 0.295. The summed E-state index contributed by atoms with van der Waals surface area (Å²) in [7, 11) is 0. The van der Waals surface area contributed by atoms with Crippen molar-refractivity contribution >= 4 is 33.6 Å². The Labute approximate surface area is 152 Å². The van der Waals surface area contributed by atoms with Crippen LogP contribution in [0.25, 0.3) is 0 Å². The number of carbonyl (C=O) groups excluding carboxylic acids is 1. The molecule has 0 saturated carbocycles. The molecule has 6 heteroatoms. The van der Waals surface area contributed by atoms with Crippen LogP contribution in [0.5, 0.6) is 0 Å². The molecule has 130 valence electrons. The molecule has 0 bridgehead atoms. The fourth-order valence-electron chi connectivity index (χ4n) is 1.93. The Morgan fingerprint density at radius 3 is 2.52 bits per heavy atom. The first-order chi connectivity index (χ1) is 10.6. The Balaban J connectivity index is 2.50. The molecular weight excluding hydrogens is 380 g/mol. The number of nitrogens with one attached hydrogen (secondary N) is 2. The number of carbonyl (C=O) groups is 1. The van der Waals surface area contributed by atoms with Crippen molar-refractivity contribution in [1.29, 1.82) is 0 Å². The topological polar surface area (TPSA) is 50.4 Å². The van der Waals surface area contributed by atoms with Gasteiger partial charge in [-0.05, 0) is 60.3 Å². The van der Waals surface area contributed by atoms with E-state index in [2.05, 4.69) is 40.4 Å². The monoisotopic (exact) mass is 404 g/mol. The number of ether oxygens (including phenoxy) is 1. The van der Waals surface area contributed by atoms with Crippen LogP contribution in [0, 0.1) is 5.92 Å². The summed E-state index contributed by atoms with van der Waals surface area (Å²) in [6, 6.07) is 5.85. The molecule has 1 amide bonds. The summed E-state index contributed by atoms with van der Waals surface area (Å²) >= 11 is 9.46. The van der Waals surface area contributed by atoms with E-state index in [1.165, 1.54) is 0 Å². The van der Waals surface area contributed by atoms with E-state index in [-0.39, 0.29) is 12.1 Å². The Bertz CT molecular complexity index is 530. The molecule has 1 rings (SSSR count). The lowest BCUT2D eigenvalue weighted by Crippen LogP contribution is -2.46. The van der Waals surface area contributed by atoms with Gasteiger partial charge in [0.2, 0.25) is 0 Å². The normalized spacial score (nSPS) is 13.0. The lowest BCUT2D eigenvalue weighted by atomic mass is 10.0. The van der Waals surface area contributed by atoms with Crippen LogP contribution in [-0.4, -0.2) is 24.3 Å². The van der Waals surface area contributed by atoms with E-state index in [1.54, 1.807) is 0 Å². The van der Waals surface area contributed by atoms with Gasteiger partial charge in [0.15, 0.2) is 0 Å². The Morgan fingerprint density at radius 1 is 1.35 bits per heavy atom. The molecule has 0 spiro atoms. The van der Waals surface area contributed by atoms with Crippen LogP contribution in [0.4, 0.5) is 4.79 Å². The molecular formula is C17H26BrClN2O2. The minimum Gasteiger partial charge on any atom is -0.444 e. The maximum Gasteiger partial charge on any atom is 0.407 e. The van der Waals surface area contributed by atoms with Crippen LogP contribution in [0.15, 0.2) is 22.7 Å². The van der Waals surface area contributed by atoms with Gasteiger partial charge in [-0.3, -0.25) is 0 Å². The summed E-state index contributed by atoms with van der Waals surface area (Å²) < 4.78 is 6.20. The van der Waals surface area contributed by atoms with Crippen LogP contribution >= 0.6 is 27.5 Å². The SMILES string of the molecule is CC(C)C(CNCc1ccc(Br)c(Cl)c1)NC(=O)OC(C)(C)C. The Morgan fingerprint density at radius 2 is 2.00 bits per heavy atom. The molecule has 0 heterocycles. The zero-order chi connectivity index (χ0) is 17.6. The molecule has 0 saturated heterocycles. The van der Waals surface area contributed by atoms with Crippen LogP contribution in [-0.2, 0) is 11.3 Å². The van der Waals surface area contributed by atoms with Crippen molar-refractivity contribution in [3.8, 4) is 0 Å². The molecule has 0 radical (unpaired) electrons. The molecule has 1 unspecified atom stereocenters. The number of benzene rings is 1. The van der Waals surface area contributed by atoms with Gasteiger partial charge in [0.1, 0.15) is 5.60 Å². The van der Waals surface area contributed by atoms with E-state index in [0.717, 1.165) is 10.0 Å². The fraction of sp³-hybridized carbons (Fsp3) is 0.588. The summed E-state index contributed by atoms with van der Waals surface area (Å²) in [5, 5.41) is 6.97. The predicted molar refractivity (Wildman–Crippen MR) is 98.9 cm³/mol. The molecule has 0 aromatic heterocycles. The molecule has 1 aromatic carbocycles. The fourth-order valence-corrected chi connectivity index (χ4v) is 2.38. The molecule has 23 heavy (non-hydrogen) atoms. The van der Waals surface area contributed by atoms with Crippen molar-refractivity contribution in [2.45, 2.75) is 52.8 Å². The van der Waals surface area contributed by atoms with E-state index in [0.29, 0.717) is 24.0 Å². The molecule has 0 aliphatic carbocycles. The van der Waals surface area contributed by atoms with Crippen LogP contribution in [0.1, 0.15) is 40.2 Å². The largest absolute Gasteiger partial charge is 0.444 e. The highest BCUT2D eigenvalue weighted by molar-refractivity contribution is 9.10. The maximum absolute atomic E-state index is 11.9. The number of amides is 1. The van der Waals surface area contributed by atoms with E-state index in [4.69, 9.17) is 16.3 Å². The average Bonchev–Trinajstić information content (AvgIpc) is 2.39. The first-order valence-corrected chi connectivity index (χ1v) is 8.89. The predicted octanol–water partition coefficient (Wildman–Crippen LogP) is 4.74. The zero-order valence-electron chi connectivity index (χ0n) is 14.4. The molecule has 2 N–H and O–H groups in total. The smallest absolute Gasteiger partial charge is 0.407 e. The summed E-state index contributed by atoms with van der Waals surface area (Å²) in [6.45, 7) is 11.0. The quantitative estimate of drug-likeness (QED) is 0.718. The van der Waals surface area contributed by atoms with Gasteiger partial charge in [0.05, 0.1) is 5.02 Å². The molecule has 1 aromatic rings.